The molecule has 1 amide bonds. The van der Waals surface area contributed by atoms with Gasteiger partial charge in [0.2, 0.25) is 0 Å². The number of carbonyl (C=O) groups excluding carboxylic acids is 2. The number of benzene rings is 3. The van der Waals surface area contributed by atoms with Crippen LogP contribution >= 0.6 is 11.6 Å². The Morgan fingerprint density at radius 1 is 1.06 bits per heavy atom. The number of carbonyl (C=O) groups is 2. The zero-order chi connectivity index (χ0) is 26.5. The van der Waals surface area contributed by atoms with E-state index in [1.807, 2.05) is 0 Å². The summed E-state index contributed by atoms with van der Waals surface area (Å²) < 4.78 is 62.7. The highest BCUT2D eigenvalue weighted by atomic mass is 35.5. The number of nitrogens with zero attached hydrogens (tertiary/aromatic N) is 1. The Hall–Kier alpha value is -4.36. The van der Waals surface area contributed by atoms with Gasteiger partial charge < -0.3 is 14.8 Å². The van der Waals surface area contributed by atoms with Gasteiger partial charge in [-0.25, -0.2) is 9.18 Å². The van der Waals surface area contributed by atoms with E-state index in [0.717, 1.165) is 24.3 Å². The van der Waals surface area contributed by atoms with Crippen LogP contribution in [0.3, 0.4) is 0 Å². The molecule has 0 aliphatic heterocycles. The van der Waals surface area contributed by atoms with Crippen LogP contribution in [-0.2, 0) is 11.0 Å². The van der Waals surface area contributed by atoms with E-state index in [1.165, 1.54) is 43.5 Å². The van der Waals surface area contributed by atoms with Gasteiger partial charge in [-0.05, 0) is 60.2 Å². The van der Waals surface area contributed by atoms with Gasteiger partial charge >= 0.3 is 12.1 Å². The van der Waals surface area contributed by atoms with E-state index in [4.69, 9.17) is 21.1 Å². The largest absolute Gasteiger partial charge is 0.493 e. The number of hydrogen-bond acceptors (Lipinski definition) is 5. The Kier molecular flexibility index (Phi) is 7.96. The highest BCUT2D eigenvalue weighted by Crippen LogP contribution is 2.34. The number of esters is 1. The highest BCUT2D eigenvalue weighted by molar-refractivity contribution is 6.34. The van der Waals surface area contributed by atoms with E-state index < -0.39 is 35.0 Å². The molecule has 0 bridgehead atoms. The number of anilines is 1. The second kappa shape index (κ2) is 10.9. The monoisotopic (exact) mass is 518 g/mol. The molecule has 3 rings (SSSR count). The lowest BCUT2D eigenvalue weighted by Gasteiger charge is -2.12. The predicted molar refractivity (Wildman–Crippen MR) is 123 cm³/mol. The third-order valence-corrected chi connectivity index (χ3v) is 5.00. The maximum Gasteiger partial charge on any atom is 0.416 e. The van der Waals surface area contributed by atoms with Gasteiger partial charge in [0.1, 0.15) is 17.5 Å². The zero-order valence-corrected chi connectivity index (χ0v) is 19.1. The maximum absolute atomic E-state index is 13.4. The Morgan fingerprint density at radius 3 is 2.44 bits per heavy atom. The Labute approximate surface area is 207 Å². The zero-order valence-electron chi connectivity index (χ0n) is 18.3. The van der Waals surface area contributed by atoms with Crippen molar-refractivity contribution in [2.75, 3.05) is 12.4 Å². The second-order valence-electron chi connectivity index (χ2n) is 7.13. The van der Waals surface area contributed by atoms with Crippen LogP contribution < -0.4 is 14.8 Å². The van der Waals surface area contributed by atoms with Crippen molar-refractivity contribution in [3.63, 3.8) is 0 Å². The highest BCUT2D eigenvalue weighted by Gasteiger charge is 2.31. The molecule has 0 atom stereocenters. The van der Waals surface area contributed by atoms with E-state index in [2.05, 4.69) is 5.32 Å². The van der Waals surface area contributed by atoms with Gasteiger partial charge in [0.15, 0.2) is 11.5 Å². The van der Waals surface area contributed by atoms with E-state index in [1.54, 1.807) is 6.07 Å². The number of alkyl halides is 3. The lowest BCUT2D eigenvalue weighted by Crippen LogP contribution is -2.15. The van der Waals surface area contributed by atoms with Gasteiger partial charge in [0.25, 0.3) is 5.91 Å². The summed E-state index contributed by atoms with van der Waals surface area (Å²) >= 11 is 5.89. The SMILES string of the molecule is COc1cc(/C=C(\C#N)C(=O)Nc2cc(C(F)(F)F)ccc2Cl)ccc1OC(=O)c1cccc(F)c1. The van der Waals surface area contributed by atoms with Gasteiger partial charge in [0, 0.05) is 0 Å². The lowest BCUT2D eigenvalue weighted by molar-refractivity contribution is -0.137. The van der Waals surface area contributed by atoms with Crippen molar-refractivity contribution in [2.45, 2.75) is 6.18 Å². The number of methoxy groups -OCH3 is 1. The van der Waals surface area contributed by atoms with Gasteiger partial charge in [-0.15, -0.1) is 0 Å². The summed E-state index contributed by atoms with van der Waals surface area (Å²) in [5.74, 6) is -2.41. The Bertz CT molecular complexity index is 1400. The van der Waals surface area contributed by atoms with Crippen LogP contribution in [0.5, 0.6) is 11.5 Å². The van der Waals surface area contributed by atoms with Crippen LogP contribution in [0.2, 0.25) is 5.02 Å². The summed E-state index contributed by atoms with van der Waals surface area (Å²) in [6.07, 6.45) is -3.51. The van der Waals surface area contributed by atoms with Crippen LogP contribution in [-0.4, -0.2) is 19.0 Å². The molecule has 36 heavy (non-hydrogen) atoms. The molecule has 0 unspecified atom stereocenters. The van der Waals surface area contributed by atoms with Gasteiger partial charge in [-0.1, -0.05) is 23.7 Å². The van der Waals surface area contributed by atoms with E-state index in [-0.39, 0.29) is 33.3 Å². The van der Waals surface area contributed by atoms with E-state index in [9.17, 15) is 32.4 Å². The smallest absolute Gasteiger partial charge is 0.416 e. The van der Waals surface area contributed by atoms with Crippen molar-refractivity contribution in [3.05, 3.63) is 93.8 Å². The third-order valence-electron chi connectivity index (χ3n) is 4.67. The average molecular weight is 519 g/mol. The quantitative estimate of drug-likeness (QED) is 0.137. The summed E-state index contributed by atoms with van der Waals surface area (Å²) in [7, 11) is 1.29. The van der Waals surface area contributed by atoms with Gasteiger partial charge in [-0.3, -0.25) is 4.79 Å². The molecule has 3 aromatic carbocycles. The normalized spacial score (nSPS) is 11.4. The van der Waals surface area contributed by atoms with Crippen LogP contribution in [0.4, 0.5) is 23.2 Å². The standard InChI is InChI=1S/C25H15ClF4N2O4/c1-35-22-10-14(5-8-21(22)36-24(34)15-3-2-4-18(27)11-15)9-16(13-31)23(33)32-20-12-17(25(28,29)30)6-7-19(20)26/h2-12H,1H3,(H,32,33)/b16-9+. The van der Waals surface area contributed by atoms with Crippen molar-refractivity contribution in [1.82, 2.24) is 0 Å². The van der Waals surface area contributed by atoms with Crippen LogP contribution in [0.1, 0.15) is 21.5 Å². The van der Waals surface area contributed by atoms with Gasteiger partial charge in [-0.2, -0.15) is 18.4 Å². The number of halogens is 5. The average Bonchev–Trinajstić information content (AvgIpc) is 2.83. The van der Waals surface area contributed by atoms with Crippen molar-refractivity contribution in [2.24, 2.45) is 0 Å². The minimum atomic E-state index is -4.66. The van der Waals surface area contributed by atoms with Crippen molar-refractivity contribution >= 4 is 35.2 Å². The molecule has 0 aliphatic rings. The molecular weight excluding hydrogens is 504 g/mol. The molecule has 0 fully saturated rings. The van der Waals surface area contributed by atoms with E-state index in [0.29, 0.717) is 6.07 Å². The number of nitriles is 1. The molecule has 0 spiro atoms. The molecule has 11 heteroatoms. The number of amides is 1. The van der Waals surface area contributed by atoms with Crippen molar-refractivity contribution in [1.29, 1.82) is 5.26 Å². The summed E-state index contributed by atoms with van der Waals surface area (Å²) in [5.41, 5.74) is -1.56. The number of hydrogen-bond donors (Lipinski definition) is 1. The predicted octanol–water partition coefficient (Wildman–Crippen LogP) is 6.27. The summed E-state index contributed by atoms with van der Waals surface area (Å²) in [4.78, 5) is 24.8. The van der Waals surface area contributed by atoms with Crippen LogP contribution in [0.15, 0.2) is 66.2 Å². The fourth-order valence-electron chi connectivity index (χ4n) is 2.93. The van der Waals surface area contributed by atoms with Crippen LogP contribution in [0, 0.1) is 17.1 Å². The van der Waals surface area contributed by atoms with E-state index >= 15 is 0 Å². The first kappa shape index (κ1) is 26.2. The van der Waals surface area contributed by atoms with Crippen molar-refractivity contribution in [3.8, 4) is 17.6 Å². The maximum atomic E-state index is 13.4. The molecule has 0 heterocycles. The fourth-order valence-corrected chi connectivity index (χ4v) is 3.10. The molecule has 0 saturated carbocycles. The lowest BCUT2D eigenvalue weighted by atomic mass is 10.1. The topological polar surface area (TPSA) is 88.4 Å². The first-order valence-electron chi connectivity index (χ1n) is 9.97. The van der Waals surface area contributed by atoms with Crippen LogP contribution in [0.25, 0.3) is 6.08 Å². The summed E-state index contributed by atoms with van der Waals surface area (Å²) in [6, 6.07) is 13.0. The minimum absolute atomic E-state index is 0.0115. The molecule has 1 N–H and O–H groups in total. The first-order chi connectivity index (χ1) is 17.0. The number of nitrogens with one attached hydrogen (secondary N) is 1. The number of ether oxygens (including phenoxy) is 2. The Balaban J connectivity index is 1.83. The molecule has 6 nitrogen and oxygen atoms in total. The molecule has 0 aromatic heterocycles. The molecule has 0 saturated heterocycles. The third kappa shape index (κ3) is 6.40. The van der Waals surface area contributed by atoms with Crippen molar-refractivity contribution < 1.29 is 36.6 Å². The first-order valence-corrected chi connectivity index (χ1v) is 10.4. The molecule has 0 radical (unpaired) electrons. The molecule has 3 aromatic rings. The fraction of sp³-hybridized carbons (Fsp3) is 0.0800. The number of rotatable bonds is 6. The molecule has 0 aliphatic carbocycles. The summed E-state index contributed by atoms with van der Waals surface area (Å²) in [6.45, 7) is 0. The Morgan fingerprint density at radius 2 is 1.81 bits per heavy atom. The summed E-state index contributed by atoms with van der Waals surface area (Å²) in [5, 5.41) is 11.5. The van der Waals surface area contributed by atoms with Gasteiger partial charge in [0.05, 0.1) is 28.9 Å². The molecule has 184 valence electrons. The second-order valence-corrected chi connectivity index (χ2v) is 7.53. The molecular formula is C25H15ClF4N2O4. The minimum Gasteiger partial charge on any atom is -0.493 e.